The second-order valence-corrected chi connectivity index (χ2v) is 6.60. The van der Waals surface area contributed by atoms with E-state index < -0.39 is 0 Å². The highest BCUT2D eigenvalue weighted by Gasteiger charge is 2.51. The van der Waals surface area contributed by atoms with E-state index in [2.05, 4.69) is 5.32 Å². The Morgan fingerprint density at radius 3 is 2.62 bits per heavy atom. The fourth-order valence-electron chi connectivity index (χ4n) is 3.43. The van der Waals surface area contributed by atoms with Crippen LogP contribution >= 0.6 is 0 Å². The monoisotopic (exact) mass is 288 g/mol. The molecule has 4 nitrogen and oxygen atoms in total. The third-order valence-corrected chi connectivity index (χ3v) is 4.95. The summed E-state index contributed by atoms with van der Waals surface area (Å²) < 4.78 is 0. The minimum absolute atomic E-state index is 0.132. The number of nitrogens with one attached hydrogen (secondary N) is 1. The molecule has 2 unspecified atom stereocenters. The van der Waals surface area contributed by atoms with Crippen LogP contribution in [0, 0.1) is 5.92 Å². The topological polar surface area (TPSA) is 75.4 Å². The average molecular weight is 288 g/mol. The van der Waals surface area contributed by atoms with Gasteiger partial charge in [-0.2, -0.15) is 0 Å². The van der Waals surface area contributed by atoms with Crippen LogP contribution in [0.1, 0.15) is 44.1 Å². The van der Waals surface area contributed by atoms with E-state index in [-0.39, 0.29) is 17.4 Å². The second-order valence-electron chi connectivity index (χ2n) is 6.60. The van der Waals surface area contributed by atoms with Crippen LogP contribution in [0.25, 0.3) is 0 Å². The summed E-state index contributed by atoms with van der Waals surface area (Å²) in [7, 11) is 0. The van der Waals surface area contributed by atoms with E-state index in [0.717, 1.165) is 49.8 Å². The van der Waals surface area contributed by atoms with E-state index in [1.165, 1.54) is 0 Å². The van der Waals surface area contributed by atoms with Crippen molar-refractivity contribution in [2.75, 3.05) is 12.3 Å². The van der Waals surface area contributed by atoms with Gasteiger partial charge >= 0.3 is 0 Å². The number of nitrogen functional groups attached to an aromatic ring is 1. The summed E-state index contributed by atoms with van der Waals surface area (Å²) in [6, 6.07) is 7.65. The van der Waals surface area contributed by atoms with E-state index in [4.69, 9.17) is 5.73 Å². The molecule has 2 aliphatic carbocycles. The van der Waals surface area contributed by atoms with Gasteiger partial charge in [0, 0.05) is 12.2 Å². The number of carbonyl (C=O) groups is 1. The molecule has 114 valence electrons. The first kappa shape index (κ1) is 14.4. The molecule has 0 radical (unpaired) electrons. The number of anilines is 1. The number of benzene rings is 1. The van der Waals surface area contributed by atoms with E-state index in [1.54, 1.807) is 0 Å². The van der Waals surface area contributed by atoms with E-state index in [1.807, 2.05) is 24.3 Å². The highest BCUT2D eigenvalue weighted by molar-refractivity contribution is 5.91. The molecule has 2 aliphatic rings. The van der Waals surface area contributed by atoms with Crippen molar-refractivity contribution in [1.82, 2.24) is 5.32 Å². The molecule has 4 heteroatoms. The van der Waals surface area contributed by atoms with Crippen LogP contribution in [0.4, 0.5) is 5.69 Å². The molecule has 0 spiro atoms. The number of hydrogen-bond donors (Lipinski definition) is 3. The lowest BCUT2D eigenvalue weighted by atomic mass is 9.87. The number of aliphatic hydroxyl groups excluding tert-OH is 1. The fourth-order valence-corrected chi connectivity index (χ4v) is 3.43. The molecule has 4 N–H and O–H groups in total. The molecule has 0 saturated heterocycles. The molecule has 1 amide bonds. The Morgan fingerprint density at radius 2 is 2.00 bits per heavy atom. The minimum atomic E-state index is -0.332. The second kappa shape index (κ2) is 5.68. The Labute approximate surface area is 125 Å². The number of aliphatic hydroxyl groups is 1. The smallest absolute Gasteiger partial charge is 0.230 e. The first-order valence-electron chi connectivity index (χ1n) is 7.92. The number of hydrogen-bond acceptors (Lipinski definition) is 3. The third kappa shape index (κ3) is 3.05. The Bertz CT molecular complexity index is 508. The molecular weight excluding hydrogens is 264 g/mol. The van der Waals surface area contributed by atoms with Crippen molar-refractivity contribution < 1.29 is 9.90 Å². The zero-order valence-electron chi connectivity index (χ0n) is 12.3. The lowest BCUT2D eigenvalue weighted by Crippen LogP contribution is -2.39. The van der Waals surface area contributed by atoms with Crippen LogP contribution in [0.3, 0.4) is 0 Å². The first-order valence-corrected chi connectivity index (χ1v) is 7.92. The van der Waals surface area contributed by atoms with Gasteiger partial charge in [0.05, 0.1) is 11.5 Å². The number of amides is 1. The van der Waals surface area contributed by atoms with Crippen molar-refractivity contribution in [3.63, 3.8) is 0 Å². The van der Waals surface area contributed by atoms with Gasteiger partial charge in [0.25, 0.3) is 0 Å². The summed E-state index contributed by atoms with van der Waals surface area (Å²) in [5, 5.41) is 12.8. The maximum absolute atomic E-state index is 12.5. The molecule has 21 heavy (non-hydrogen) atoms. The maximum atomic E-state index is 12.5. The number of rotatable bonds is 4. The van der Waals surface area contributed by atoms with Crippen LogP contribution in [-0.4, -0.2) is 23.7 Å². The van der Waals surface area contributed by atoms with Crippen molar-refractivity contribution in [2.24, 2.45) is 5.92 Å². The van der Waals surface area contributed by atoms with Crippen molar-refractivity contribution in [2.45, 2.75) is 50.0 Å². The molecule has 0 aliphatic heterocycles. The molecule has 3 rings (SSSR count). The lowest BCUT2D eigenvalue weighted by molar-refractivity contribution is -0.123. The maximum Gasteiger partial charge on any atom is 0.230 e. The van der Waals surface area contributed by atoms with Gasteiger partial charge in [-0.1, -0.05) is 18.6 Å². The van der Waals surface area contributed by atoms with Gasteiger partial charge in [0.15, 0.2) is 0 Å². The van der Waals surface area contributed by atoms with Crippen LogP contribution in [0.2, 0.25) is 0 Å². The van der Waals surface area contributed by atoms with Gasteiger partial charge in [-0.3, -0.25) is 4.79 Å². The number of nitrogens with two attached hydrogens (primary N) is 1. The molecule has 0 aromatic heterocycles. The van der Waals surface area contributed by atoms with Crippen LogP contribution in [0.5, 0.6) is 0 Å². The molecule has 2 atom stereocenters. The molecule has 2 saturated carbocycles. The molecular formula is C17H24N2O2. The van der Waals surface area contributed by atoms with Gasteiger partial charge in [-0.15, -0.1) is 0 Å². The molecule has 1 aromatic rings. The van der Waals surface area contributed by atoms with Crippen molar-refractivity contribution in [3.05, 3.63) is 29.8 Å². The lowest BCUT2D eigenvalue weighted by Gasteiger charge is -2.26. The van der Waals surface area contributed by atoms with E-state index >= 15 is 0 Å². The quantitative estimate of drug-likeness (QED) is 0.741. The van der Waals surface area contributed by atoms with Crippen molar-refractivity contribution in [3.8, 4) is 0 Å². The predicted octanol–water partition coefficient (Wildman–Crippen LogP) is 1.97. The Morgan fingerprint density at radius 1 is 1.29 bits per heavy atom. The molecule has 2 fully saturated rings. The van der Waals surface area contributed by atoms with Gasteiger partial charge in [0.1, 0.15) is 0 Å². The number of carbonyl (C=O) groups excluding carboxylic acids is 1. The minimum Gasteiger partial charge on any atom is -0.399 e. The van der Waals surface area contributed by atoms with Gasteiger partial charge in [-0.05, 0) is 55.7 Å². The van der Waals surface area contributed by atoms with Gasteiger partial charge in [-0.25, -0.2) is 0 Å². The van der Waals surface area contributed by atoms with Crippen molar-refractivity contribution >= 4 is 11.6 Å². The average Bonchev–Trinajstić information content (AvgIpc) is 3.27. The first-order chi connectivity index (χ1) is 10.1. The van der Waals surface area contributed by atoms with Crippen LogP contribution in [0.15, 0.2) is 24.3 Å². The fraction of sp³-hybridized carbons (Fsp3) is 0.588. The summed E-state index contributed by atoms with van der Waals surface area (Å²) in [5.41, 5.74) is 7.17. The summed E-state index contributed by atoms with van der Waals surface area (Å²) in [5.74, 6) is 0.548. The summed E-state index contributed by atoms with van der Waals surface area (Å²) >= 11 is 0. The Balaban J connectivity index is 1.59. The zero-order valence-corrected chi connectivity index (χ0v) is 12.3. The third-order valence-electron chi connectivity index (χ3n) is 4.95. The van der Waals surface area contributed by atoms with Crippen LogP contribution < -0.4 is 11.1 Å². The Hall–Kier alpha value is -1.55. The highest BCUT2D eigenvalue weighted by atomic mass is 16.3. The largest absolute Gasteiger partial charge is 0.399 e. The summed E-state index contributed by atoms with van der Waals surface area (Å²) in [6.45, 7) is 0.687. The van der Waals surface area contributed by atoms with Crippen LogP contribution in [-0.2, 0) is 10.2 Å². The van der Waals surface area contributed by atoms with Gasteiger partial charge < -0.3 is 16.2 Å². The standard InChI is InChI=1S/C17H24N2O2/c18-14-6-4-13(5-7-14)17(8-9-17)16(21)19-11-12-2-1-3-15(20)10-12/h4-7,12,15,20H,1-3,8-11,18H2,(H,19,21). The normalized spacial score (nSPS) is 27.1. The van der Waals surface area contributed by atoms with Crippen molar-refractivity contribution in [1.29, 1.82) is 0 Å². The molecule has 1 aromatic carbocycles. The molecule has 0 bridgehead atoms. The Kier molecular flexibility index (Phi) is 3.89. The summed E-state index contributed by atoms with van der Waals surface area (Å²) in [6.07, 6.45) is 5.52. The predicted molar refractivity (Wildman–Crippen MR) is 82.7 cm³/mol. The van der Waals surface area contributed by atoms with E-state index in [0.29, 0.717) is 12.5 Å². The highest BCUT2D eigenvalue weighted by Crippen LogP contribution is 2.48. The van der Waals surface area contributed by atoms with Gasteiger partial charge in [0.2, 0.25) is 5.91 Å². The molecule has 0 heterocycles. The zero-order chi connectivity index (χ0) is 14.9. The van der Waals surface area contributed by atoms with E-state index in [9.17, 15) is 9.90 Å². The SMILES string of the molecule is Nc1ccc(C2(C(=O)NCC3CCCC(O)C3)CC2)cc1. The summed E-state index contributed by atoms with van der Waals surface area (Å²) in [4.78, 5) is 12.5.